The molecule has 1 saturated carbocycles. The Morgan fingerprint density at radius 1 is 1.35 bits per heavy atom. The molecule has 2 N–H and O–H groups in total. The van der Waals surface area contributed by atoms with Crippen LogP contribution in [0.3, 0.4) is 0 Å². The molecule has 2 aliphatic rings. The van der Waals surface area contributed by atoms with Crippen LogP contribution in [0.2, 0.25) is 0 Å². The lowest BCUT2D eigenvalue weighted by molar-refractivity contribution is -0.134. The summed E-state index contributed by atoms with van der Waals surface area (Å²) >= 11 is 0. The van der Waals surface area contributed by atoms with Gasteiger partial charge in [-0.1, -0.05) is 18.2 Å². The van der Waals surface area contributed by atoms with Crippen LogP contribution in [0.15, 0.2) is 18.2 Å². The molecule has 0 aromatic heterocycles. The first-order valence-electron chi connectivity index (χ1n) is 7.34. The molecule has 0 saturated heterocycles. The van der Waals surface area contributed by atoms with Crippen LogP contribution in [-0.4, -0.2) is 18.6 Å². The molecule has 108 valence electrons. The molecular formula is C16H22N2O2. The maximum absolute atomic E-state index is 12.0. The highest BCUT2D eigenvalue weighted by Crippen LogP contribution is 2.37. The smallest absolute Gasteiger partial charge is 0.223 e. The fraction of sp³-hybridized carbons (Fsp3) is 0.562. The Hall–Kier alpha value is -1.39. The van der Waals surface area contributed by atoms with Gasteiger partial charge in [0.1, 0.15) is 0 Å². The first-order valence-corrected chi connectivity index (χ1v) is 7.34. The fourth-order valence-electron chi connectivity index (χ4n) is 3.04. The van der Waals surface area contributed by atoms with Crippen molar-refractivity contribution < 1.29 is 9.53 Å². The van der Waals surface area contributed by atoms with Gasteiger partial charge < -0.3 is 15.4 Å². The van der Waals surface area contributed by atoms with Gasteiger partial charge in [-0.05, 0) is 36.0 Å². The van der Waals surface area contributed by atoms with Crippen molar-refractivity contribution >= 4 is 5.91 Å². The van der Waals surface area contributed by atoms with Crippen LogP contribution in [0.5, 0.6) is 0 Å². The molecule has 0 bridgehead atoms. The fourth-order valence-corrected chi connectivity index (χ4v) is 3.04. The lowest BCUT2D eigenvalue weighted by Crippen LogP contribution is -2.43. The third-order valence-corrected chi connectivity index (χ3v) is 4.57. The summed E-state index contributed by atoms with van der Waals surface area (Å²) in [6.07, 6.45) is 3.65. The molecule has 0 atom stereocenters. The number of nitrogens with one attached hydrogen (secondary N) is 2. The van der Waals surface area contributed by atoms with Crippen LogP contribution < -0.4 is 10.6 Å². The molecule has 1 heterocycles. The lowest BCUT2D eigenvalue weighted by atomic mass is 9.77. The molecule has 20 heavy (non-hydrogen) atoms. The molecule has 1 amide bonds. The minimum absolute atomic E-state index is 0.0881. The van der Waals surface area contributed by atoms with Gasteiger partial charge in [0.05, 0.1) is 12.0 Å². The molecule has 0 unspecified atom stereocenters. The highest BCUT2D eigenvalue weighted by molar-refractivity contribution is 5.77. The Kier molecular flexibility index (Phi) is 3.76. The monoisotopic (exact) mass is 274 g/mol. The van der Waals surface area contributed by atoms with Crippen molar-refractivity contribution in [1.82, 2.24) is 10.6 Å². The van der Waals surface area contributed by atoms with Crippen molar-refractivity contribution in [1.29, 1.82) is 0 Å². The normalized spacial score (nSPS) is 19.2. The molecule has 1 aliphatic heterocycles. The SMILES string of the molecule is COC1(CC(=O)NCc2ccc3c(c2)CNC3)CCC1. The first kappa shape index (κ1) is 13.6. The molecule has 1 aromatic rings. The van der Waals surface area contributed by atoms with E-state index in [1.54, 1.807) is 7.11 Å². The zero-order valence-electron chi connectivity index (χ0n) is 12.0. The molecule has 4 nitrogen and oxygen atoms in total. The summed E-state index contributed by atoms with van der Waals surface area (Å²) in [7, 11) is 1.71. The molecule has 1 aromatic carbocycles. The number of carbonyl (C=O) groups excluding carboxylic acids is 1. The van der Waals surface area contributed by atoms with Gasteiger partial charge in [-0.15, -0.1) is 0 Å². The Balaban J connectivity index is 1.53. The molecule has 1 fully saturated rings. The standard InChI is InChI=1S/C16H22N2O2/c1-20-16(5-2-6-16)8-15(19)18-9-12-3-4-13-10-17-11-14(13)7-12/h3-4,7,17H,2,5-6,8-11H2,1H3,(H,18,19). The third kappa shape index (κ3) is 2.72. The van der Waals surface area contributed by atoms with Gasteiger partial charge in [-0.2, -0.15) is 0 Å². The van der Waals surface area contributed by atoms with Crippen LogP contribution in [0.25, 0.3) is 0 Å². The number of rotatable bonds is 5. The summed E-state index contributed by atoms with van der Waals surface area (Å²) in [5, 5.41) is 6.34. The topological polar surface area (TPSA) is 50.4 Å². The van der Waals surface area contributed by atoms with E-state index in [4.69, 9.17) is 4.74 Å². The van der Waals surface area contributed by atoms with Crippen LogP contribution in [0.4, 0.5) is 0 Å². The average Bonchev–Trinajstić information content (AvgIpc) is 2.88. The predicted molar refractivity (Wildman–Crippen MR) is 77.0 cm³/mol. The minimum Gasteiger partial charge on any atom is -0.378 e. The molecule has 0 radical (unpaired) electrons. The van der Waals surface area contributed by atoms with Crippen molar-refractivity contribution in [2.75, 3.05) is 7.11 Å². The Bertz CT molecular complexity index is 504. The van der Waals surface area contributed by atoms with Crippen molar-refractivity contribution in [2.24, 2.45) is 0 Å². The maximum Gasteiger partial charge on any atom is 0.223 e. The maximum atomic E-state index is 12.0. The molecule has 1 aliphatic carbocycles. The lowest BCUT2D eigenvalue weighted by Gasteiger charge is -2.39. The van der Waals surface area contributed by atoms with E-state index >= 15 is 0 Å². The predicted octanol–water partition coefficient (Wildman–Crippen LogP) is 1.87. The minimum atomic E-state index is -0.189. The van der Waals surface area contributed by atoms with Gasteiger partial charge in [0.2, 0.25) is 5.91 Å². The van der Waals surface area contributed by atoms with Crippen molar-refractivity contribution in [3.8, 4) is 0 Å². The number of fused-ring (bicyclic) bond motifs is 1. The second-order valence-electron chi connectivity index (χ2n) is 5.90. The van der Waals surface area contributed by atoms with Crippen molar-refractivity contribution in [3.63, 3.8) is 0 Å². The number of hydrogen-bond acceptors (Lipinski definition) is 3. The Labute approximate surface area is 119 Å². The Morgan fingerprint density at radius 3 is 2.85 bits per heavy atom. The highest BCUT2D eigenvalue weighted by Gasteiger charge is 2.38. The Morgan fingerprint density at radius 2 is 2.15 bits per heavy atom. The number of benzene rings is 1. The van der Waals surface area contributed by atoms with Crippen molar-refractivity contribution in [2.45, 2.75) is 50.9 Å². The van der Waals surface area contributed by atoms with Gasteiger partial charge >= 0.3 is 0 Å². The molecule has 0 spiro atoms. The number of amides is 1. The molecule has 3 rings (SSSR count). The quantitative estimate of drug-likeness (QED) is 0.862. The summed E-state index contributed by atoms with van der Waals surface area (Å²) < 4.78 is 5.49. The van der Waals surface area contributed by atoms with Crippen LogP contribution in [0.1, 0.15) is 42.4 Å². The van der Waals surface area contributed by atoms with Crippen LogP contribution in [-0.2, 0) is 29.2 Å². The van der Waals surface area contributed by atoms with Gasteiger partial charge in [0.15, 0.2) is 0 Å². The van der Waals surface area contributed by atoms with Crippen LogP contribution in [0, 0.1) is 0 Å². The summed E-state index contributed by atoms with van der Waals surface area (Å²) in [5.41, 5.74) is 3.70. The average molecular weight is 274 g/mol. The zero-order valence-corrected chi connectivity index (χ0v) is 12.0. The molecular weight excluding hydrogens is 252 g/mol. The van der Waals surface area contributed by atoms with E-state index in [1.807, 2.05) is 0 Å². The third-order valence-electron chi connectivity index (χ3n) is 4.57. The van der Waals surface area contributed by atoms with E-state index in [0.29, 0.717) is 13.0 Å². The summed E-state index contributed by atoms with van der Waals surface area (Å²) in [6.45, 7) is 2.49. The number of carbonyl (C=O) groups is 1. The molecule has 4 heteroatoms. The van der Waals surface area contributed by atoms with E-state index < -0.39 is 0 Å². The second-order valence-corrected chi connectivity index (χ2v) is 5.90. The highest BCUT2D eigenvalue weighted by atomic mass is 16.5. The largest absolute Gasteiger partial charge is 0.378 e. The first-order chi connectivity index (χ1) is 9.71. The van der Waals surface area contributed by atoms with E-state index in [2.05, 4.69) is 28.8 Å². The van der Waals surface area contributed by atoms with Gasteiger partial charge in [0.25, 0.3) is 0 Å². The van der Waals surface area contributed by atoms with Gasteiger partial charge in [-0.25, -0.2) is 0 Å². The zero-order chi connectivity index (χ0) is 14.0. The second kappa shape index (κ2) is 5.54. The van der Waals surface area contributed by atoms with E-state index in [0.717, 1.165) is 25.9 Å². The van der Waals surface area contributed by atoms with E-state index in [9.17, 15) is 4.79 Å². The summed E-state index contributed by atoms with van der Waals surface area (Å²) in [6, 6.07) is 6.44. The van der Waals surface area contributed by atoms with Gasteiger partial charge in [-0.3, -0.25) is 4.79 Å². The number of methoxy groups -OCH3 is 1. The van der Waals surface area contributed by atoms with Gasteiger partial charge in [0, 0.05) is 26.7 Å². The van der Waals surface area contributed by atoms with Crippen LogP contribution >= 0.6 is 0 Å². The van der Waals surface area contributed by atoms with Crippen molar-refractivity contribution in [3.05, 3.63) is 34.9 Å². The summed E-state index contributed by atoms with van der Waals surface area (Å²) in [4.78, 5) is 12.0. The number of ether oxygens (including phenoxy) is 1. The summed E-state index contributed by atoms with van der Waals surface area (Å²) in [5.74, 6) is 0.0881. The van der Waals surface area contributed by atoms with E-state index in [1.165, 1.54) is 23.1 Å². The number of hydrogen-bond donors (Lipinski definition) is 2. The van der Waals surface area contributed by atoms with E-state index in [-0.39, 0.29) is 11.5 Å².